The van der Waals surface area contributed by atoms with Crippen LogP contribution in [0.3, 0.4) is 0 Å². The molecule has 1 aliphatic heterocycles. The summed E-state index contributed by atoms with van der Waals surface area (Å²) in [5.74, 6) is 3.05. The first-order valence-electron chi connectivity index (χ1n) is 11.1. The van der Waals surface area contributed by atoms with Crippen LogP contribution in [0.2, 0.25) is 0 Å². The molecule has 164 valence electrons. The molecule has 0 bridgehead atoms. The van der Waals surface area contributed by atoms with Gasteiger partial charge in [0.25, 0.3) is 0 Å². The Hall–Kier alpha value is -3.61. The standard InChI is InChI=1S/C25H26N4O3/c1-3-31-18-12-8-16(9-13-18)23-22-20(6-5-7-21(22)30)26-25-27-24(28-29(23)25)17-10-14-19(15-11-17)32-4-2/h8-15,23H,3-7H2,1-2H3,(H,26,27,28). The molecule has 7 nitrogen and oxygen atoms in total. The van der Waals surface area contributed by atoms with Gasteiger partial charge in [0.15, 0.2) is 11.6 Å². The van der Waals surface area contributed by atoms with E-state index < -0.39 is 0 Å². The predicted molar refractivity (Wildman–Crippen MR) is 122 cm³/mol. The quantitative estimate of drug-likeness (QED) is 0.607. The van der Waals surface area contributed by atoms with Crippen LogP contribution in [0.15, 0.2) is 59.8 Å². The van der Waals surface area contributed by atoms with E-state index in [1.54, 1.807) is 0 Å². The number of Topliss-reactive ketones (excluding diaryl/α,β-unsaturated/α-hetero) is 1. The number of anilines is 1. The molecule has 2 aliphatic rings. The van der Waals surface area contributed by atoms with Crippen LogP contribution in [-0.4, -0.2) is 33.8 Å². The number of nitrogens with zero attached hydrogens (tertiary/aromatic N) is 3. The number of aromatic nitrogens is 3. The minimum absolute atomic E-state index is 0.168. The van der Waals surface area contributed by atoms with E-state index in [2.05, 4.69) is 5.32 Å². The minimum atomic E-state index is -0.311. The number of fused-ring (bicyclic) bond motifs is 1. The van der Waals surface area contributed by atoms with Gasteiger partial charge in [-0.3, -0.25) is 4.79 Å². The summed E-state index contributed by atoms with van der Waals surface area (Å²) < 4.78 is 13.0. The summed E-state index contributed by atoms with van der Waals surface area (Å²) in [6, 6.07) is 15.3. The molecule has 2 heterocycles. The normalized spacial score (nSPS) is 17.4. The van der Waals surface area contributed by atoms with Crippen molar-refractivity contribution < 1.29 is 14.3 Å². The zero-order valence-corrected chi connectivity index (χ0v) is 18.3. The van der Waals surface area contributed by atoms with E-state index in [-0.39, 0.29) is 11.8 Å². The molecule has 2 aromatic carbocycles. The molecule has 5 rings (SSSR count). The SMILES string of the molecule is CCOc1ccc(-c2nc3n(n2)C(c2ccc(OCC)cc2)C2=C(CCCC2=O)N3)cc1. The van der Waals surface area contributed by atoms with Crippen molar-refractivity contribution in [2.24, 2.45) is 0 Å². The van der Waals surface area contributed by atoms with Crippen molar-refractivity contribution in [2.75, 3.05) is 18.5 Å². The Balaban J connectivity index is 1.57. The molecule has 1 N–H and O–H groups in total. The van der Waals surface area contributed by atoms with Crippen molar-refractivity contribution in [1.29, 1.82) is 0 Å². The third-order valence-electron chi connectivity index (χ3n) is 5.80. The molecule has 0 radical (unpaired) electrons. The van der Waals surface area contributed by atoms with E-state index in [0.717, 1.165) is 46.7 Å². The van der Waals surface area contributed by atoms with Crippen molar-refractivity contribution in [3.63, 3.8) is 0 Å². The second kappa shape index (κ2) is 8.49. The summed E-state index contributed by atoms with van der Waals surface area (Å²) in [6.45, 7) is 5.15. The van der Waals surface area contributed by atoms with Gasteiger partial charge in [0.2, 0.25) is 5.95 Å². The third-order valence-corrected chi connectivity index (χ3v) is 5.80. The van der Waals surface area contributed by atoms with E-state index in [0.29, 0.717) is 31.4 Å². The zero-order chi connectivity index (χ0) is 22.1. The summed E-state index contributed by atoms with van der Waals surface area (Å²) in [5.41, 5.74) is 3.63. The Labute approximate surface area is 187 Å². The minimum Gasteiger partial charge on any atom is -0.494 e. The average Bonchev–Trinajstić information content (AvgIpc) is 3.23. The van der Waals surface area contributed by atoms with Gasteiger partial charge in [-0.1, -0.05) is 12.1 Å². The Morgan fingerprint density at radius 2 is 1.62 bits per heavy atom. The fourth-order valence-electron chi connectivity index (χ4n) is 4.37. The lowest BCUT2D eigenvalue weighted by Gasteiger charge is -2.32. The van der Waals surface area contributed by atoms with Gasteiger partial charge in [0.1, 0.15) is 17.5 Å². The maximum atomic E-state index is 13.0. The topological polar surface area (TPSA) is 78.3 Å². The van der Waals surface area contributed by atoms with Crippen molar-refractivity contribution in [3.05, 3.63) is 65.4 Å². The van der Waals surface area contributed by atoms with Crippen molar-refractivity contribution in [2.45, 2.75) is 39.2 Å². The van der Waals surface area contributed by atoms with Gasteiger partial charge in [-0.15, -0.1) is 5.10 Å². The molecule has 0 fully saturated rings. The zero-order valence-electron chi connectivity index (χ0n) is 18.3. The van der Waals surface area contributed by atoms with Gasteiger partial charge in [-0.05, 0) is 68.7 Å². The molecule has 1 aromatic heterocycles. The highest BCUT2D eigenvalue weighted by Gasteiger charge is 2.36. The van der Waals surface area contributed by atoms with Crippen LogP contribution in [0.1, 0.15) is 44.7 Å². The van der Waals surface area contributed by atoms with Crippen LogP contribution < -0.4 is 14.8 Å². The number of nitrogens with one attached hydrogen (secondary N) is 1. The van der Waals surface area contributed by atoms with E-state index in [1.807, 2.05) is 67.1 Å². The molecule has 1 unspecified atom stereocenters. The Morgan fingerprint density at radius 1 is 0.969 bits per heavy atom. The fourth-order valence-corrected chi connectivity index (χ4v) is 4.37. The highest BCUT2D eigenvalue weighted by atomic mass is 16.5. The number of hydrogen-bond donors (Lipinski definition) is 1. The van der Waals surface area contributed by atoms with E-state index >= 15 is 0 Å². The van der Waals surface area contributed by atoms with E-state index in [1.165, 1.54) is 0 Å². The number of carbonyl (C=O) groups excluding carboxylic acids is 1. The highest BCUT2D eigenvalue weighted by molar-refractivity contribution is 5.99. The molecule has 0 spiro atoms. The van der Waals surface area contributed by atoms with Crippen LogP contribution in [-0.2, 0) is 4.79 Å². The molecular weight excluding hydrogens is 404 g/mol. The van der Waals surface area contributed by atoms with Crippen molar-refractivity contribution >= 4 is 11.7 Å². The second-order valence-electron chi connectivity index (χ2n) is 7.86. The first-order valence-corrected chi connectivity index (χ1v) is 11.1. The molecule has 7 heteroatoms. The number of benzene rings is 2. The largest absolute Gasteiger partial charge is 0.494 e. The first-order chi connectivity index (χ1) is 15.7. The summed E-state index contributed by atoms with van der Waals surface area (Å²) in [5, 5.41) is 8.20. The molecular formula is C25H26N4O3. The smallest absolute Gasteiger partial charge is 0.226 e. The summed E-state index contributed by atoms with van der Waals surface area (Å²) >= 11 is 0. The van der Waals surface area contributed by atoms with Gasteiger partial charge >= 0.3 is 0 Å². The predicted octanol–water partition coefficient (Wildman–Crippen LogP) is 4.76. The second-order valence-corrected chi connectivity index (χ2v) is 7.86. The third kappa shape index (κ3) is 3.64. The number of ether oxygens (including phenoxy) is 2. The Bertz CT molecular complexity index is 1160. The lowest BCUT2D eigenvalue weighted by Crippen LogP contribution is -2.31. The van der Waals surface area contributed by atoms with Crippen molar-refractivity contribution in [3.8, 4) is 22.9 Å². The summed E-state index contributed by atoms with van der Waals surface area (Å²) in [6.07, 6.45) is 2.24. The van der Waals surface area contributed by atoms with E-state index in [4.69, 9.17) is 19.6 Å². The first kappa shape index (κ1) is 20.3. The maximum absolute atomic E-state index is 13.0. The molecule has 0 saturated heterocycles. The van der Waals surface area contributed by atoms with Crippen LogP contribution in [0.25, 0.3) is 11.4 Å². The molecule has 32 heavy (non-hydrogen) atoms. The van der Waals surface area contributed by atoms with Gasteiger partial charge < -0.3 is 14.8 Å². The Kier molecular flexibility index (Phi) is 5.39. The lowest BCUT2D eigenvalue weighted by molar-refractivity contribution is -0.116. The number of hydrogen-bond acceptors (Lipinski definition) is 6. The Morgan fingerprint density at radius 3 is 2.28 bits per heavy atom. The lowest BCUT2D eigenvalue weighted by atomic mass is 9.85. The monoisotopic (exact) mass is 430 g/mol. The molecule has 0 amide bonds. The van der Waals surface area contributed by atoms with Gasteiger partial charge in [0.05, 0.1) is 13.2 Å². The maximum Gasteiger partial charge on any atom is 0.226 e. The average molecular weight is 431 g/mol. The molecule has 3 aromatic rings. The van der Waals surface area contributed by atoms with Gasteiger partial charge in [0, 0.05) is 23.3 Å². The van der Waals surface area contributed by atoms with Crippen molar-refractivity contribution in [1.82, 2.24) is 14.8 Å². The van der Waals surface area contributed by atoms with Crippen LogP contribution >= 0.6 is 0 Å². The molecule has 0 saturated carbocycles. The highest BCUT2D eigenvalue weighted by Crippen LogP contribution is 2.41. The number of rotatable bonds is 6. The molecule has 1 aliphatic carbocycles. The number of carbonyl (C=O) groups is 1. The summed E-state index contributed by atoms with van der Waals surface area (Å²) in [7, 11) is 0. The van der Waals surface area contributed by atoms with Gasteiger partial charge in [-0.25, -0.2) is 4.68 Å². The fraction of sp³-hybridized carbons (Fsp3) is 0.320. The number of ketones is 1. The van der Waals surface area contributed by atoms with Crippen LogP contribution in [0.4, 0.5) is 5.95 Å². The number of allylic oxidation sites excluding steroid dienone is 2. The van der Waals surface area contributed by atoms with Crippen LogP contribution in [0, 0.1) is 0 Å². The van der Waals surface area contributed by atoms with Gasteiger partial charge in [-0.2, -0.15) is 4.98 Å². The van der Waals surface area contributed by atoms with Crippen LogP contribution in [0.5, 0.6) is 11.5 Å². The molecule has 1 atom stereocenters. The van der Waals surface area contributed by atoms with E-state index in [9.17, 15) is 4.79 Å². The summed E-state index contributed by atoms with van der Waals surface area (Å²) in [4.78, 5) is 17.7.